The van der Waals surface area contributed by atoms with Gasteiger partial charge >= 0.3 is 0 Å². The minimum absolute atomic E-state index is 0.144. The molecule has 1 aliphatic rings. The van der Waals surface area contributed by atoms with Gasteiger partial charge in [-0.3, -0.25) is 9.59 Å². The third-order valence-electron chi connectivity index (χ3n) is 5.87. The number of rotatable bonds is 7. The second-order valence-electron chi connectivity index (χ2n) is 8.44. The molecule has 0 spiro atoms. The highest BCUT2D eigenvalue weighted by Gasteiger charge is 2.20. The number of hydrogen-bond donors (Lipinski definition) is 2. The first kappa shape index (κ1) is 21.6. The molecule has 0 aromatic heterocycles. The van der Waals surface area contributed by atoms with Crippen molar-refractivity contribution in [1.82, 2.24) is 5.32 Å². The topological polar surface area (TPSA) is 61.4 Å². The molecule has 0 aliphatic carbocycles. The van der Waals surface area contributed by atoms with E-state index in [-0.39, 0.29) is 18.2 Å². The van der Waals surface area contributed by atoms with Crippen LogP contribution in [-0.4, -0.2) is 24.9 Å². The number of amides is 2. The first-order chi connectivity index (χ1) is 15.6. The van der Waals surface area contributed by atoms with Crippen molar-refractivity contribution in [3.8, 4) is 0 Å². The van der Waals surface area contributed by atoms with Gasteiger partial charge in [0.25, 0.3) is 5.91 Å². The maximum Gasteiger partial charge on any atom is 0.251 e. The Morgan fingerprint density at radius 2 is 1.59 bits per heavy atom. The molecule has 2 amide bonds. The summed E-state index contributed by atoms with van der Waals surface area (Å²) in [7, 11) is 0. The third kappa shape index (κ3) is 5.55. The summed E-state index contributed by atoms with van der Waals surface area (Å²) in [6, 6.07) is 26.2. The van der Waals surface area contributed by atoms with Crippen LogP contribution in [0.15, 0.2) is 84.9 Å². The number of benzene rings is 3. The monoisotopic (exact) mass is 427 g/mol. The van der Waals surface area contributed by atoms with Crippen LogP contribution in [0.3, 0.4) is 0 Å². The van der Waals surface area contributed by atoms with Gasteiger partial charge in [-0.1, -0.05) is 55.5 Å². The molecule has 1 saturated heterocycles. The van der Waals surface area contributed by atoms with Crippen LogP contribution in [0.5, 0.6) is 0 Å². The van der Waals surface area contributed by atoms with Crippen molar-refractivity contribution in [1.29, 1.82) is 0 Å². The van der Waals surface area contributed by atoms with Crippen LogP contribution in [0.4, 0.5) is 11.4 Å². The first-order valence-electron chi connectivity index (χ1n) is 11.1. The zero-order valence-electron chi connectivity index (χ0n) is 18.3. The van der Waals surface area contributed by atoms with Crippen molar-refractivity contribution in [2.45, 2.75) is 25.8 Å². The molecule has 1 aliphatic heterocycles. The maximum absolute atomic E-state index is 12.8. The summed E-state index contributed by atoms with van der Waals surface area (Å²) in [5.74, 6) is 0.376. The van der Waals surface area contributed by atoms with Crippen molar-refractivity contribution in [3.05, 3.63) is 96.1 Å². The fourth-order valence-electron chi connectivity index (χ4n) is 4.09. The molecule has 2 atom stereocenters. The van der Waals surface area contributed by atoms with Crippen LogP contribution in [0.1, 0.15) is 41.7 Å². The summed E-state index contributed by atoms with van der Waals surface area (Å²) in [5, 5.41) is 5.98. The van der Waals surface area contributed by atoms with Crippen molar-refractivity contribution < 1.29 is 9.59 Å². The molecule has 1 fully saturated rings. The van der Waals surface area contributed by atoms with Crippen molar-refractivity contribution >= 4 is 23.2 Å². The van der Waals surface area contributed by atoms with E-state index in [1.165, 1.54) is 12.1 Å². The third-order valence-corrected chi connectivity index (χ3v) is 5.87. The molecule has 4 rings (SSSR count). The standard InChI is InChI=1S/C27H29N3O2/c1-20-16-17-30(19-20)24-14-12-23(13-15-24)28-26(31)18-25(21-8-4-2-5-9-21)29-27(32)22-10-6-3-7-11-22/h2-15,20,25H,16-19H2,1H3,(H,28,31)(H,29,32). The van der Waals surface area contributed by atoms with E-state index in [0.717, 1.165) is 30.3 Å². The van der Waals surface area contributed by atoms with Crippen LogP contribution < -0.4 is 15.5 Å². The molecule has 3 aromatic carbocycles. The minimum atomic E-state index is -0.422. The molecule has 0 radical (unpaired) electrons. The Morgan fingerprint density at radius 3 is 2.22 bits per heavy atom. The molecule has 5 heteroatoms. The van der Waals surface area contributed by atoms with Gasteiger partial charge in [0.1, 0.15) is 0 Å². The van der Waals surface area contributed by atoms with Gasteiger partial charge in [0, 0.05) is 30.0 Å². The highest BCUT2D eigenvalue weighted by Crippen LogP contribution is 2.25. The van der Waals surface area contributed by atoms with E-state index in [9.17, 15) is 9.59 Å². The number of carbonyl (C=O) groups is 2. The average Bonchev–Trinajstić information content (AvgIpc) is 3.26. The van der Waals surface area contributed by atoms with E-state index in [4.69, 9.17) is 0 Å². The lowest BCUT2D eigenvalue weighted by atomic mass is 10.0. The van der Waals surface area contributed by atoms with Crippen LogP contribution >= 0.6 is 0 Å². The smallest absolute Gasteiger partial charge is 0.251 e. The Morgan fingerprint density at radius 1 is 0.938 bits per heavy atom. The fourth-order valence-corrected chi connectivity index (χ4v) is 4.09. The van der Waals surface area contributed by atoms with E-state index in [2.05, 4.69) is 34.6 Å². The van der Waals surface area contributed by atoms with Gasteiger partial charge in [-0.15, -0.1) is 0 Å². The summed E-state index contributed by atoms with van der Waals surface area (Å²) in [5.41, 5.74) is 3.41. The van der Waals surface area contributed by atoms with Gasteiger partial charge in [-0.2, -0.15) is 0 Å². The number of carbonyl (C=O) groups excluding carboxylic acids is 2. The quantitative estimate of drug-likeness (QED) is 0.556. The lowest BCUT2D eigenvalue weighted by molar-refractivity contribution is -0.116. The van der Waals surface area contributed by atoms with Gasteiger partial charge in [-0.05, 0) is 54.3 Å². The van der Waals surface area contributed by atoms with Crippen molar-refractivity contribution in [3.63, 3.8) is 0 Å². The maximum atomic E-state index is 12.8. The molecular formula is C27H29N3O2. The molecule has 3 aromatic rings. The molecule has 0 bridgehead atoms. The molecule has 0 saturated carbocycles. The van der Waals surface area contributed by atoms with E-state index < -0.39 is 6.04 Å². The molecule has 164 valence electrons. The second kappa shape index (κ2) is 10.1. The Bertz CT molecular complexity index is 1040. The largest absolute Gasteiger partial charge is 0.371 e. The van der Waals surface area contributed by atoms with E-state index in [1.807, 2.05) is 60.7 Å². The number of hydrogen-bond acceptors (Lipinski definition) is 3. The molecule has 5 nitrogen and oxygen atoms in total. The SMILES string of the molecule is CC1CCN(c2ccc(NC(=O)CC(NC(=O)c3ccccc3)c3ccccc3)cc2)C1. The summed E-state index contributed by atoms with van der Waals surface area (Å²) in [6.07, 6.45) is 1.36. The molecule has 1 heterocycles. The minimum Gasteiger partial charge on any atom is -0.371 e. The predicted molar refractivity (Wildman–Crippen MR) is 129 cm³/mol. The Kier molecular flexibility index (Phi) is 6.85. The van der Waals surface area contributed by atoms with Crippen LogP contribution in [-0.2, 0) is 4.79 Å². The normalized spacial score (nSPS) is 16.4. The number of anilines is 2. The lowest BCUT2D eigenvalue weighted by Crippen LogP contribution is -2.31. The summed E-state index contributed by atoms with van der Waals surface area (Å²) >= 11 is 0. The predicted octanol–water partition coefficient (Wildman–Crippen LogP) is 5.03. The molecule has 32 heavy (non-hydrogen) atoms. The summed E-state index contributed by atoms with van der Waals surface area (Å²) in [4.78, 5) is 27.9. The van der Waals surface area contributed by atoms with Gasteiger partial charge in [0.2, 0.25) is 5.91 Å². The first-order valence-corrected chi connectivity index (χ1v) is 11.1. The summed E-state index contributed by atoms with van der Waals surface area (Å²) < 4.78 is 0. The Labute approximate surface area is 189 Å². The second-order valence-corrected chi connectivity index (χ2v) is 8.44. The zero-order valence-corrected chi connectivity index (χ0v) is 18.3. The van der Waals surface area contributed by atoms with E-state index >= 15 is 0 Å². The fraction of sp³-hybridized carbons (Fsp3) is 0.259. The highest BCUT2D eigenvalue weighted by molar-refractivity contribution is 5.96. The van der Waals surface area contributed by atoms with Crippen LogP contribution in [0.2, 0.25) is 0 Å². The van der Waals surface area contributed by atoms with Crippen molar-refractivity contribution in [2.75, 3.05) is 23.3 Å². The molecule has 2 unspecified atom stereocenters. The zero-order chi connectivity index (χ0) is 22.3. The van der Waals surface area contributed by atoms with Crippen LogP contribution in [0.25, 0.3) is 0 Å². The summed E-state index contributed by atoms with van der Waals surface area (Å²) in [6.45, 7) is 4.42. The van der Waals surface area contributed by atoms with Gasteiger partial charge in [0.05, 0.1) is 12.5 Å². The molecule has 2 N–H and O–H groups in total. The van der Waals surface area contributed by atoms with Crippen LogP contribution in [0, 0.1) is 5.92 Å². The Hall–Kier alpha value is -3.60. The average molecular weight is 428 g/mol. The number of nitrogens with zero attached hydrogens (tertiary/aromatic N) is 1. The highest BCUT2D eigenvalue weighted by atomic mass is 16.2. The van der Waals surface area contributed by atoms with Crippen molar-refractivity contribution in [2.24, 2.45) is 5.92 Å². The Balaban J connectivity index is 1.41. The van der Waals surface area contributed by atoms with Gasteiger partial charge in [-0.25, -0.2) is 0 Å². The van der Waals surface area contributed by atoms with Gasteiger partial charge in [0.15, 0.2) is 0 Å². The number of nitrogens with one attached hydrogen (secondary N) is 2. The molecular weight excluding hydrogens is 398 g/mol. The van der Waals surface area contributed by atoms with Gasteiger partial charge < -0.3 is 15.5 Å². The van der Waals surface area contributed by atoms with E-state index in [0.29, 0.717) is 5.56 Å². The lowest BCUT2D eigenvalue weighted by Gasteiger charge is -2.20. The van der Waals surface area contributed by atoms with E-state index in [1.54, 1.807) is 12.1 Å².